The monoisotopic (exact) mass is 498 g/mol. The van der Waals surface area contributed by atoms with Crippen LogP contribution in [0.25, 0.3) is 0 Å². The van der Waals surface area contributed by atoms with Crippen LogP contribution >= 0.6 is 0 Å². The van der Waals surface area contributed by atoms with E-state index in [1.807, 2.05) is 19.9 Å². The van der Waals surface area contributed by atoms with Gasteiger partial charge in [0.05, 0.1) is 22.5 Å². The fourth-order valence-electron chi connectivity index (χ4n) is 4.42. The van der Waals surface area contributed by atoms with E-state index in [-0.39, 0.29) is 18.0 Å². The number of urea groups is 1. The molecule has 184 valence electrons. The SMILES string of the molecule is Cc1cc(C[N+]2=C3C=CC(S(=O)(=O)NC4(C)CC4)=CC3C(=O)N(Cc3cnn(C)c3)C2=O)n(C)n1. The molecule has 1 unspecified atom stereocenters. The molecule has 5 rings (SSSR count). The minimum Gasteiger partial charge on any atom is -0.275 e. The molecule has 1 saturated carbocycles. The maximum atomic E-state index is 13.6. The van der Waals surface area contributed by atoms with Crippen LogP contribution in [-0.4, -0.2) is 60.6 Å². The molecule has 0 aromatic carbocycles. The highest BCUT2D eigenvalue weighted by atomic mass is 32.2. The highest BCUT2D eigenvalue weighted by Crippen LogP contribution is 2.36. The number of nitrogens with zero attached hydrogens (tertiary/aromatic N) is 6. The molecular formula is C23H28N7O4S+. The average molecular weight is 499 g/mol. The van der Waals surface area contributed by atoms with Crippen molar-refractivity contribution in [2.75, 3.05) is 0 Å². The summed E-state index contributed by atoms with van der Waals surface area (Å²) in [6.45, 7) is 3.94. The topological polar surface area (TPSA) is 122 Å². The van der Waals surface area contributed by atoms with Crippen LogP contribution in [0.3, 0.4) is 0 Å². The second-order valence-electron chi connectivity index (χ2n) is 9.69. The van der Waals surface area contributed by atoms with Gasteiger partial charge in [-0.1, -0.05) is 0 Å². The molecule has 0 radical (unpaired) electrons. The summed E-state index contributed by atoms with van der Waals surface area (Å²) in [5.74, 6) is -1.39. The van der Waals surface area contributed by atoms with Crippen molar-refractivity contribution in [3.63, 3.8) is 0 Å². The molecule has 35 heavy (non-hydrogen) atoms. The molecule has 3 heterocycles. The number of hydrogen-bond donors (Lipinski definition) is 1. The summed E-state index contributed by atoms with van der Waals surface area (Å²) < 4.78 is 33.6. The maximum Gasteiger partial charge on any atom is 0.501 e. The minimum absolute atomic E-state index is 0.0275. The van der Waals surface area contributed by atoms with E-state index in [0.717, 1.165) is 29.1 Å². The van der Waals surface area contributed by atoms with Crippen LogP contribution in [0.5, 0.6) is 0 Å². The quantitative estimate of drug-likeness (QED) is 0.571. The minimum atomic E-state index is -3.81. The molecule has 2 aromatic heterocycles. The predicted octanol–water partition coefficient (Wildman–Crippen LogP) is 1.12. The smallest absolute Gasteiger partial charge is 0.275 e. The van der Waals surface area contributed by atoms with Crippen LogP contribution in [0.2, 0.25) is 0 Å². The molecule has 2 aliphatic carbocycles. The van der Waals surface area contributed by atoms with Crippen molar-refractivity contribution in [1.82, 2.24) is 29.2 Å². The second kappa shape index (κ2) is 8.09. The van der Waals surface area contributed by atoms with Crippen molar-refractivity contribution in [2.45, 2.75) is 45.3 Å². The van der Waals surface area contributed by atoms with E-state index in [1.54, 1.807) is 41.9 Å². The zero-order chi connectivity index (χ0) is 25.1. The third-order valence-electron chi connectivity index (χ3n) is 6.58. The molecule has 3 amide bonds. The fraction of sp³-hybridized carbons (Fsp3) is 0.435. The summed E-state index contributed by atoms with van der Waals surface area (Å²) in [5, 5.41) is 8.48. The van der Waals surface area contributed by atoms with Crippen molar-refractivity contribution in [1.29, 1.82) is 0 Å². The number of carbonyl (C=O) groups is 2. The van der Waals surface area contributed by atoms with E-state index < -0.39 is 33.4 Å². The number of amides is 3. The van der Waals surface area contributed by atoms with Crippen molar-refractivity contribution in [3.05, 3.63) is 58.5 Å². The third kappa shape index (κ3) is 4.39. The Morgan fingerprint density at radius 2 is 1.97 bits per heavy atom. The maximum absolute atomic E-state index is 13.6. The largest absolute Gasteiger partial charge is 0.501 e. The first-order valence-electron chi connectivity index (χ1n) is 11.4. The molecule has 1 N–H and O–H groups in total. The van der Waals surface area contributed by atoms with E-state index in [9.17, 15) is 18.0 Å². The van der Waals surface area contributed by atoms with Gasteiger partial charge in [0.25, 0.3) is 0 Å². The Morgan fingerprint density at radius 1 is 1.23 bits per heavy atom. The first-order chi connectivity index (χ1) is 16.5. The number of nitrogens with one attached hydrogen (secondary N) is 1. The zero-order valence-corrected chi connectivity index (χ0v) is 20.9. The zero-order valence-electron chi connectivity index (χ0n) is 20.1. The van der Waals surface area contributed by atoms with E-state index in [1.165, 1.54) is 16.7 Å². The van der Waals surface area contributed by atoms with Gasteiger partial charge in [0.15, 0.2) is 0 Å². The van der Waals surface area contributed by atoms with Crippen molar-refractivity contribution in [3.8, 4) is 0 Å². The van der Waals surface area contributed by atoms with Gasteiger partial charge >= 0.3 is 11.9 Å². The Bertz CT molecular complexity index is 1440. The number of hydrogen-bond acceptors (Lipinski definition) is 6. The van der Waals surface area contributed by atoms with Crippen molar-refractivity contribution >= 4 is 27.7 Å². The first-order valence-corrected chi connectivity index (χ1v) is 12.8. The Kier molecular flexibility index (Phi) is 5.40. The van der Waals surface area contributed by atoms with Gasteiger partial charge in [0, 0.05) is 31.4 Å². The normalized spacial score (nSPS) is 21.4. The predicted molar refractivity (Wildman–Crippen MR) is 126 cm³/mol. The van der Waals surface area contributed by atoms with Gasteiger partial charge in [-0.3, -0.25) is 9.36 Å². The molecule has 2 aromatic rings. The number of fused-ring (bicyclic) bond motifs is 1. The molecule has 12 heteroatoms. The number of rotatable bonds is 7. The highest BCUT2D eigenvalue weighted by Gasteiger charge is 2.49. The molecule has 1 fully saturated rings. The van der Waals surface area contributed by atoms with Gasteiger partial charge < -0.3 is 0 Å². The molecule has 3 aliphatic rings. The van der Waals surface area contributed by atoms with Gasteiger partial charge in [-0.25, -0.2) is 17.9 Å². The molecule has 0 spiro atoms. The lowest BCUT2D eigenvalue weighted by atomic mass is 9.94. The summed E-state index contributed by atoms with van der Waals surface area (Å²) >= 11 is 0. The number of carbonyl (C=O) groups excluding carboxylic acids is 2. The number of aryl methyl sites for hydroxylation is 3. The van der Waals surface area contributed by atoms with E-state index in [2.05, 4.69) is 14.9 Å². The Hall–Kier alpha value is -3.38. The van der Waals surface area contributed by atoms with Crippen molar-refractivity contribution < 1.29 is 22.6 Å². The Balaban J connectivity index is 1.56. The average Bonchev–Trinajstić information content (AvgIpc) is 3.20. The van der Waals surface area contributed by atoms with Crippen LogP contribution in [0.1, 0.15) is 36.7 Å². The number of imide groups is 1. The van der Waals surface area contributed by atoms with Crippen LogP contribution in [0.15, 0.2) is 41.6 Å². The van der Waals surface area contributed by atoms with Crippen LogP contribution in [0, 0.1) is 12.8 Å². The van der Waals surface area contributed by atoms with E-state index >= 15 is 0 Å². The second-order valence-corrected chi connectivity index (χ2v) is 11.4. The fourth-order valence-corrected chi connectivity index (χ4v) is 5.95. The highest BCUT2D eigenvalue weighted by molar-refractivity contribution is 7.93. The van der Waals surface area contributed by atoms with Gasteiger partial charge in [-0.2, -0.15) is 24.5 Å². The van der Waals surface area contributed by atoms with Crippen LogP contribution in [0.4, 0.5) is 4.79 Å². The molecule has 0 bridgehead atoms. The summed E-state index contributed by atoms with van der Waals surface area (Å²) in [7, 11) is -0.260. The molecule has 11 nitrogen and oxygen atoms in total. The molecule has 0 saturated heterocycles. The van der Waals surface area contributed by atoms with Gasteiger partial charge in [-0.05, 0) is 51.0 Å². The molecular weight excluding hydrogens is 470 g/mol. The van der Waals surface area contributed by atoms with Crippen LogP contribution in [-0.2, 0) is 42.0 Å². The van der Waals surface area contributed by atoms with E-state index in [4.69, 9.17) is 0 Å². The van der Waals surface area contributed by atoms with E-state index in [0.29, 0.717) is 11.3 Å². The Morgan fingerprint density at radius 3 is 2.57 bits per heavy atom. The summed E-state index contributed by atoms with van der Waals surface area (Å²) in [5.41, 5.74) is 2.29. The molecule has 1 atom stereocenters. The summed E-state index contributed by atoms with van der Waals surface area (Å²) in [6.07, 6.45) is 9.34. The lowest BCUT2D eigenvalue weighted by Crippen LogP contribution is -2.54. The van der Waals surface area contributed by atoms with Gasteiger partial charge in [0.1, 0.15) is 24.7 Å². The lowest BCUT2D eigenvalue weighted by Gasteiger charge is -2.28. The lowest BCUT2D eigenvalue weighted by molar-refractivity contribution is -0.457. The summed E-state index contributed by atoms with van der Waals surface area (Å²) in [4.78, 5) is 28.3. The molecule has 1 aliphatic heterocycles. The Labute approximate surface area is 203 Å². The standard InChI is InChI=1S/C23H28N7O4S/c1-15-9-17(28(4)25-15)14-29-20-6-5-18(35(33,34)26-23(2)7-8-23)10-19(20)21(31)30(22(29)32)13-16-11-24-27(3)12-16/h5-6,9-12,19,26H,7-8,13-14H2,1-4H3/q+1. The number of allylic oxidation sites excluding steroid dienone is 2. The van der Waals surface area contributed by atoms with Gasteiger partial charge in [0.2, 0.25) is 10.0 Å². The van der Waals surface area contributed by atoms with Crippen molar-refractivity contribution in [2.24, 2.45) is 20.0 Å². The van der Waals surface area contributed by atoms with Crippen LogP contribution < -0.4 is 4.72 Å². The van der Waals surface area contributed by atoms with Gasteiger partial charge in [-0.15, -0.1) is 0 Å². The first kappa shape index (κ1) is 23.4. The summed E-state index contributed by atoms with van der Waals surface area (Å²) in [6, 6.07) is 1.40. The number of sulfonamides is 1. The third-order valence-corrected chi connectivity index (χ3v) is 8.24. The number of aromatic nitrogens is 4.